The van der Waals surface area contributed by atoms with Crippen LogP contribution in [0.25, 0.3) is 0 Å². The minimum Gasteiger partial charge on any atom is -0.447 e. The fourth-order valence-electron chi connectivity index (χ4n) is 3.54. The van der Waals surface area contributed by atoms with Crippen molar-refractivity contribution in [2.45, 2.75) is 38.3 Å². The Hall–Kier alpha value is -2.66. The molecule has 1 aliphatic rings. The minimum absolute atomic E-state index is 0.220. The van der Waals surface area contributed by atoms with Crippen LogP contribution in [0.5, 0.6) is 0 Å². The Morgan fingerprint density at radius 3 is 2.41 bits per heavy atom. The Morgan fingerprint density at radius 2 is 1.78 bits per heavy atom. The summed E-state index contributed by atoms with van der Waals surface area (Å²) < 4.78 is 5.12. The van der Waals surface area contributed by atoms with Gasteiger partial charge in [0.2, 0.25) is 5.91 Å². The lowest BCUT2D eigenvalue weighted by atomic mass is 9.88. The number of aliphatic hydroxyl groups is 1. The molecule has 3 unspecified atom stereocenters. The van der Waals surface area contributed by atoms with Gasteiger partial charge in [0.15, 0.2) is 0 Å². The maximum Gasteiger partial charge on any atom is 0.416 e. The third-order valence-corrected chi connectivity index (χ3v) is 4.96. The van der Waals surface area contributed by atoms with Crippen LogP contribution in [-0.4, -0.2) is 34.7 Å². The van der Waals surface area contributed by atoms with Gasteiger partial charge < -0.3 is 9.84 Å². The zero-order valence-electron chi connectivity index (χ0n) is 15.5. The highest BCUT2D eigenvalue weighted by Crippen LogP contribution is 2.30. The molecule has 0 aromatic heterocycles. The number of hydrogen-bond acceptors (Lipinski definition) is 4. The highest BCUT2D eigenvalue weighted by Gasteiger charge is 2.42. The van der Waals surface area contributed by atoms with E-state index in [0.29, 0.717) is 18.4 Å². The second kappa shape index (κ2) is 8.82. The van der Waals surface area contributed by atoms with Crippen molar-refractivity contribution in [2.75, 3.05) is 6.61 Å². The Morgan fingerprint density at radius 1 is 1.15 bits per heavy atom. The average Bonchev–Trinajstić information content (AvgIpc) is 3.07. The molecule has 1 heterocycles. The largest absolute Gasteiger partial charge is 0.447 e. The smallest absolute Gasteiger partial charge is 0.416 e. The molecular weight excluding hydrogens is 342 g/mol. The van der Waals surface area contributed by atoms with Crippen LogP contribution in [0.1, 0.15) is 37.0 Å². The van der Waals surface area contributed by atoms with Gasteiger partial charge in [-0.3, -0.25) is 4.79 Å². The number of imide groups is 1. The molecular formula is C22H25NO4. The standard InChI is InChI=1S/C22H25NO4/c1-2-9-18-15-27-22(26)23(18)21(25)19(14-16-10-5-3-6-11-16)20(24)17-12-7-4-8-13-17/h3-8,10-13,18-20,24H,2,9,14-15H2,1H3. The topological polar surface area (TPSA) is 66.8 Å². The van der Waals surface area contributed by atoms with E-state index >= 15 is 0 Å². The molecule has 1 fully saturated rings. The lowest BCUT2D eigenvalue weighted by Gasteiger charge is -2.28. The monoisotopic (exact) mass is 367 g/mol. The summed E-state index contributed by atoms with van der Waals surface area (Å²) in [6, 6.07) is 18.4. The maximum atomic E-state index is 13.3. The van der Waals surface area contributed by atoms with Crippen molar-refractivity contribution in [1.82, 2.24) is 4.90 Å². The van der Waals surface area contributed by atoms with E-state index < -0.39 is 18.1 Å². The first-order valence-corrected chi connectivity index (χ1v) is 9.38. The fourth-order valence-corrected chi connectivity index (χ4v) is 3.54. The van der Waals surface area contributed by atoms with Crippen LogP contribution in [0.2, 0.25) is 0 Å². The number of nitrogens with zero attached hydrogens (tertiary/aromatic N) is 1. The first-order chi connectivity index (χ1) is 13.1. The number of benzene rings is 2. The molecule has 5 nitrogen and oxygen atoms in total. The molecule has 1 aliphatic heterocycles. The zero-order chi connectivity index (χ0) is 19.2. The van der Waals surface area contributed by atoms with Gasteiger partial charge in [-0.2, -0.15) is 0 Å². The Balaban J connectivity index is 1.90. The van der Waals surface area contributed by atoms with E-state index in [1.54, 1.807) is 12.1 Å². The van der Waals surface area contributed by atoms with Crippen molar-refractivity contribution in [3.8, 4) is 0 Å². The zero-order valence-corrected chi connectivity index (χ0v) is 15.5. The van der Waals surface area contributed by atoms with Gasteiger partial charge in [-0.05, 0) is 24.0 Å². The van der Waals surface area contributed by atoms with Crippen LogP contribution in [0, 0.1) is 5.92 Å². The van der Waals surface area contributed by atoms with Crippen LogP contribution in [0.4, 0.5) is 4.79 Å². The molecule has 2 aromatic rings. The summed E-state index contributed by atoms with van der Waals surface area (Å²) in [6.45, 7) is 2.23. The van der Waals surface area contributed by atoms with Gasteiger partial charge in [0.05, 0.1) is 18.1 Å². The highest BCUT2D eigenvalue weighted by atomic mass is 16.6. The predicted molar refractivity (Wildman–Crippen MR) is 102 cm³/mol. The number of amides is 2. The number of rotatable bonds is 7. The van der Waals surface area contributed by atoms with Crippen LogP contribution in [0.15, 0.2) is 60.7 Å². The van der Waals surface area contributed by atoms with Crippen molar-refractivity contribution in [3.05, 3.63) is 71.8 Å². The van der Waals surface area contributed by atoms with Crippen LogP contribution >= 0.6 is 0 Å². The molecule has 1 N–H and O–H groups in total. The van der Waals surface area contributed by atoms with Gasteiger partial charge in [0, 0.05) is 0 Å². The second-order valence-electron chi connectivity index (χ2n) is 6.88. The Labute approximate surface area is 159 Å². The van der Waals surface area contributed by atoms with E-state index in [-0.39, 0.29) is 18.6 Å². The lowest BCUT2D eigenvalue weighted by molar-refractivity contribution is -0.137. The number of carbonyl (C=O) groups is 2. The van der Waals surface area contributed by atoms with Crippen molar-refractivity contribution in [1.29, 1.82) is 0 Å². The first kappa shape index (κ1) is 19.1. The van der Waals surface area contributed by atoms with E-state index in [0.717, 1.165) is 12.0 Å². The van der Waals surface area contributed by atoms with E-state index in [1.165, 1.54) is 4.90 Å². The molecule has 0 radical (unpaired) electrons. The van der Waals surface area contributed by atoms with Crippen molar-refractivity contribution in [3.63, 3.8) is 0 Å². The molecule has 0 bridgehead atoms. The molecule has 3 rings (SSSR count). The van der Waals surface area contributed by atoms with Crippen molar-refractivity contribution in [2.24, 2.45) is 5.92 Å². The van der Waals surface area contributed by atoms with Crippen LogP contribution < -0.4 is 0 Å². The van der Waals surface area contributed by atoms with E-state index in [1.807, 2.05) is 55.5 Å². The summed E-state index contributed by atoms with van der Waals surface area (Å²) >= 11 is 0. The molecule has 3 atom stereocenters. The average molecular weight is 367 g/mol. The molecule has 0 saturated carbocycles. The van der Waals surface area contributed by atoms with Gasteiger partial charge in [-0.15, -0.1) is 0 Å². The number of ether oxygens (including phenoxy) is 1. The summed E-state index contributed by atoms with van der Waals surface area (Å²) in [6.07, 6.45) is 0.261. The number of carbonyl (C=O) groups excluding carboxylic acids is 2. The van der Waals surface area contributed by atoms with E-state index in [9.17, 15) is 14.7 Å². The van der Waals surface area contributed by atoms with Gasteiger partial charge in [0.1, 0.15) is 6.61 Å². The van der Waals surface area contributed by atoms with Crippen LogP contribution in [0.3, 0.4) is 0 Å². The molecule has 2 amide bonds. The predicted octanol–water partition coefficient (Wildman–Crippen LogP) is 3.73. The van der Waals surface area contributed by atoms with Gasteiger partial charge in [-0.1, -0.05) is 74.0 Å². The second-order valence-corrected chi connectivity index (χ2v) is 6.88. The SMILES string of the molecule is CCCC1COC(=O)N1C(=O)C(Cc1ccccc1)C(O)c1ccccc1. The highest BCUT2D eigenvalue weighted by molar-refractivity contribution is 5.95. The Kier molecular flexibility index (Phi) is 6.24. The van der Waals surface area contributed by atoms with Crippen molar-refractivity contribution < 1.29 is 19.4 Å². The fraction of sp³-hybridized carbons (Fsp3) is 0.364. The molecule has 0 spiro atoms. The third-order valence-electron chi connectivity index (χ3n) is 4.96. The molecule has 0 aliphatic carbocycles. The summed E-state index contributed by atoms with van der Waals surface area (Å²) in [5, 5.41) is 11.0. The summed E-state index contributed by atoms with van der Waals surface area (Å²) in [4.78, 5) is 26.8. The van der Waals surface area contributed by atoms with Crippen LogP contribution in [-0.2, 0) is 16.0 Å². The van der Waals surface area contributed by atoms with E-state index in [4.69, 9.17) is 4.74 Å². The number of aliphatic hydroxyl groups excluding tert-OH is 1. The summed E-state index contributed by atoms with van der Waals surface area (Å²) in [5.74, 6) is -1.14. The van der Waals surface area contributed by atoms with E-state index in [2.05, 4.69) is 0 Å². The minimum atomic E-state index is -1.01. The first-order valence-electron chi connectivity index (χ1n) is 9.38. The molecule has 1 saturated heterocycles. The number of hydrogen-bond donors (Lipinski definition) is 1. The maximum absolute atomic E-state index is 13.3. The normalized spacial score (nSPS) is 18.8. The molecule has 142 valence electrons. The molecule has 2 aromatic carbocycles. The Bertz CT molecular complexity index is 762. The van der Waals surface area contributed by atoms with Gasteiger partial charge in [0.25, 0.3) is 0 Å². The van der Waals surface area contributed by atoms with Gasteiger partial charge >= 0.3 is 6.09 Å². The third kappa shape index (κ3) is 4.37. The number of cyclic esters (lactones) is 1. The molecule has 5 heteroatoms. The summed E-state index contributed by atoms with van der Waals surface area (Å²) in [7, 11) is 0. The lowest BCUT2D eigenvalue weighted by Crippen LogP contribution is -2.44. The van der Waals surface area contributed by atoms with Crippen molar-refractivity contribution >= 4 is 12.0 Å². The van der Waals surface area contributed by atoms with Gasteiger partial charge in [-0.25, -0.2) is 9.69 Å². The molecule has 27 heavy (non-hydrogen) atoms. The quantitative estimate of drug-likeness (QED) is 0.810. The summed E-state index contributed by atoms with van der Waals surface area (Å²) in [5.41, 5.74) is 1.59.